The summed E-state index contributed by atoms with van der Waals surface area (Å²) < 4.78 is 16.8. The first-order valence-electron chi connectivity index (χ1n) is 26.0. The van der Waals surface area contributed by atoms with Crippen LogP contribution in [0.3, 0.4) is 0 Å². The molecule has 0 spiro atoms. The van der Waals surface area contributed by atoms with E-state index in [1.165, 1.54) is 109 Å². The molecular formula is C53H108N2O6. The van der Waals surface area contributed by atoms with E-state index >= 15 is 0 Å². The molecule has 0 aromatic rings. The quantitative estimate of drug-likeness (QED) is 0.0371. The molecule has 1 amide bonds. The molecule has 0 aromatic carbocycles. The summed E-state index contributed by atoms with van der Waals surface area (Å²) in [6.45, 7) is 22.7. The Balaban J connectivity index is -0.00000383. The summed E-state index contributed by atoms with van der Waals surface area (Å²) in [5.41, 5.74) is -0.506. The van der Waals surface area contributed by atoms with Gasteiger partial charge in [0.05, 0.1) is 6.61 Å². The van der Waals surface area contributed by atoms with Gasteiger partial charge in [-0.1, -0.05) is 190 Å². The lowest BCUT2D eigenvalue weighted by Gasteiger charge is -2.24. The molecule has 0 heterocycles. The third-order valence-corrected chi connectivity index (χ3v) is 11.3. The second-order valence-electron chi connectivity index (χ2n) is 18.8. The van der Waals surface area contributed by atoms with Crippen LogP contribution in [0.1, 0.15) is 275 Å². The van der Waals surface area contributed by atoms with Crippen molar-refractivity contribution in [3.8, 4) is 0 Å². The monoisotopic (exact) mass is 869 g/mol. The van der Waals surface area contributed by atoms with Gasteiger partial charge in [-0.15, -0.1) is 0 Å². The second kappa shape index (κ2) is 47.6. The van der Waals surface area contributed by atoms with Gasteiger partial charge in [-0.25, -0.2) is 4.79 Å². The Bertz CT molecular complexity index is 918. The van der Waals surface area contributed by atoms with Crippen LogP contribution >= 0.6 is 0 Å². The number of nitrogens with zero attached hydrogens (tertiary/aromatic N) is 1. The molecule has 0 fully saturated rings. The van der Waals surface area contributed by atoms with Crippen LogP contribution in [0.2, 0.25) is 0 Å². The van der Waals surface area contributed by atoms with Crippen molar-refractivity contribution in [2.24, 2.45) is 5.92 Å². The van der Waals surface area contributed by atoms with Crippen molar-refractivity contribution < 1.29 is 28.6 Å². The van der Waals surface area contributed by atoms with Gasteiger partial charge >= 0.3 is 18.0 Å². The number of nitrogens with one attached hydrogen (secondary N) is 1. The van der Waals surface area contributed by atoms with Crippen molar-refractivity contribution in [2.75, 3.05) is 32.8 Å². The fourth-order valence-corrected chi connectivity index (χ4v) is 7.15. The van der Waals surface area contributed by atoms with Crippen LogP contribution in [0.5, 0.6) is 0 Å². The third-order valence-electron chi connectivity index (χ3n) is 11.3. The van der Waals surface area contributed by atoms with Gasteiger partial charge in [0.2, 0.25) is 0 Å². The van der Waals surface area contributed by atoms with E-state index < -0.39 is 5.60 Å². The molecule has 1 atom stereocenters. The van der Waals surface area contributed by atoms with E-state index in [9.17, 15) is 14.4 Å². The number of unbranched alkanes of at least 4 members (excludes halogenated alkanes) is 22. The number of hydrogen-bond donors (Lipinski definition) is 1. The molecule has 0 aliphatic carbocycles. The summed E-state index contributed by atoms with van der Waals surface area (Å²) >= 11 is 0. The Morgan fingerprint density at radius 1 is 0.525 bits per heavy atom. The molecule has 0 rings (SSSR count). The summed E-state index contributed by atoms with van der Waals surface area (Å²) in [6.07, 6.45) is 36.7. The summed E-state index contributed by atoms with van der Waals surface area (Å²) in [4.78, 5) is 39.4. The summed E-state index contributed by atoms with van der Waals surface area (Å²) in [7, 11) is 0. The molecule has 0 radical (unpaired) electrons. The Morgan fingerprint density at radius 3 is 1.36 bits per heavy atom. The van der Waals surface area contributed by atoms with Gasteiger partial charge in [0.15, 0.2) is 0 Å². The number of rotatable bonds is 41. The Labute approximate surface area is 381 Å². The van der Waals surface area contributed by atoms with Crippen LogP contribution in [-0.4, -0.2) is 67.4 Å². The minimum Gasteiger partial charge on any atom is -0.465 e. The maximum atomic E-state index is 12.8. The minimum absolute atomic E-state index is 0. The first kappa shape index (κ1) is 63.5. The van der Waals surface area contributed by atoms with E-state index in [2.05, 4.69) is 51.8 Å². The first-order valence-corrected chi connectivity index (χ1v) is 26.0. The van der Waals surface area contributed by atoms with Gasteiger partial charge in [0.1, 0.15) is 11.7 Å². The predicted octanol–water partition coefficient (Wildman–Crippen LogP) is 16.1. The molecule has 1 N–H and O–H groups in total. The van der Waals surface area contributed by atoms with Crippen LogP contribution in [0, 0.1) is 5.92 Å². The maximum absolute atomic E-state index is 12.8. The number of esters is 2. The molecular weight excluding hydrogens is 761 g/mol. The molecule has 0 bridgehead atoms. The highest BCUT2D eigenvalue weighted by Gasteiger charge is 2.17. The smallest absolute Gasteiger partial charge is 0.407 e. The topological polar surface area (TPSA) is 94.2 Å². The zero-order valence-corrected chi connectivity index (χ0v) is 41.7. The van der Waals surface area contributed by atoms with E-state index in [0.29, 0.717) is 31.9 Å². The zero-order chi connectivity index (χ0) is 45.0. The summed E-state index contributed by atoms with van der Waals surface area (Å²) in [5.74, 6) is 0.353. The fraction of sp³-hybridized carbons (Fsp3) is 0.943. The highest BCUT2D eigenvalue weighted by Crippen LogP contribution is 2.19. The average molecular weight is 869 g/mol. The van der Waals surface area contributed by atoms with Crippen molar-refractivity contribution in [2.45, 2.75) is 287 Å². The number of carbonyl (C=O) groups excluding carboxylic acids is 3. The standard InChI is InChI=1S/C45H88N2O6.C7H16.CH4/c1-8-11-13-15-19-25-31-41(32-26-20-16-14-12-9-2)52-43(49)34-28-22-18-24-30-37-47(38-35-46-44(50)53-45(5,6)7)36-29-23-17-21-27-33-42(48)51-39-40(4)10-3;1-3-5-7-6-4-2;/h40-41H,8-39H2,1-7H3,(H,46,50);3-7H2,1-2H3;1H4. The Morgan fingerprint density at radius 2 is 0.918 bits per heavy atom. The molecule has 1 unspecified atom stereocenters. The molecule has 0 saturated carbocycles. The van der Waals surface area contributed by atoms with E-state index in [-0.39, 0.29) is 31.6 Å². The maximum Gasteiger partial charge on any atom is 0.407 e. The second-order valence-corrected chi connectivity index (χ2v) is 18.8. The Hall–Kier alpha value is -1.83. The lowest BCUT2D eigenvalue weighted by atomic mass is 10.0. The molecule has 8 nitrogen and oxygen atoms in total. The lowest BCUT2D eigenvalue weighted by molar-refractivity contribution is -0.150. The fourth-order valence-electron chi connectivity index (χ4n) is 7.15. The van der Waals surface area contributed by atoms with Gasteiger partial charge in [-0.3, -0.25) is 9.59 Å². The molecule has 0 saturated heterocycles. The van der Waals surface area contributed by atoms with Gasteiger partial charge < -0.3 is 24.4 Å². The van der Waals surface area contributed by atoms with Crippen molar-refractivity contribution in [3.63, 3.8) is 0 Å². The normalized spacial score (nSPS) is 11.8. The number of hydrogen-bond acceptors (Lipinski definition) is 7. The van der Waals surface area contributed by atoms with E-state index in [0.717, 1.165) is 103 Å². The first-order chi connectivity index (χ1) is 28.9. The molecule has 0 aromatic heterocycles. The van der Waals surface area contributed by atoms with Gasteiger partial charge in [0, 0.05) is 25.9 Å². The molecule has 61 heavy (non-hydrogen) atoms. The minimum atomic E-state index is -0.506. The molecule has 0 aliphatic heterocycles. The average Bonchev–Trinajstić information content (AvgIpc) is 3.21. The highest BCUT2D eigenvalue weighted by atomic mass is 16.6. The number of carbonyl (C=O) groups is 3. The molecule has 8 heteroatoms. The molecule has 366 valence electrons. The van der Waals surface area contributed by atoms with Crippen molar-refractivity contribution >= 4 is 18.0 Å². The van der Waals surface area contributed by atoms with Crippen molar-refractivity contribution in [3.05, 3.63) is 0 Å². The predicted molar refractivity (Wildman–Crippen MR) is 264 cm³/mol. The van der Waals surface area contributed by atoms with Gasteiger partial charge in [-0.2, -0.15) is 0 Å². The van der Waals surface area contributed by atoms with E-state index in [4.69, 9.17) is 14.2 Å². The third kappa shape index (κ3) is 50.7. The Kier molecular flexibility index (Phi) is 49.6. The van der Waals surface area contributed by atoms with Crippen molar-refractivity contribution in [1.82, 2.24) is 10.2 Å². The van der Waals surface area contributed by atoms with Crippen LogP contribution in [0.4, 0.5) is 4.79 Å². The van der Waals surface area contributed by atoms with Crippen LogP contribution in [0.25, 0.3) is 0 Å². The van der Waals surface area contributed by atoms with Crippen LogP contribution in [-0.2, 0) is 23.8 Å². The summed E-state index contributed by atoms with van der Waals surface area (Å²) in [5, 5.41) is 2.91. The van der Waals surface area contributed by atoms with Crippen molar-refractivity contribution in [1.29, 1.82) is 0 Å². The van der Waals surface area contributed by atoms with Crippen LogP contribution < -0.4 is 5.32 Å². The zero-order valence-electron chi connectivity index (χ0n) is 41.7. The van der Waals surface area contributed by atoms with E-state index in [1.54, 1.807) is 0 Å². The lowest BCUT2D eigenvalue weighted by Crippen LogP contribution is -2.38. The number of ether oxygens (including phenoxy) is 3. The number of amides is 1. The highest BCUT2D eigenvalue weighted by molar-refractivity contribution is 5.69. The molecule has 0 aliphatic rings. The largest absolute Gasteiger partial charge is 0.465 e. The van der Waals surface area contributed by atoms with Gasteiger partial charge in [0.25, 0.3) is 0 Å². The SMILES string of the molecule is C.CCCCCCC.CCCCCCCCC(CCCCCCCC)OC(=O)CCCCCCCN(CCCCCCCC(=O)OCC(C)CC)CCNC(=O)OC(C)(C)C. The van der Waals surface area contributed by atoms with Crippen LogP contribution in [0.15, 0.2) is 0 Å². The van der Waals surface area contributed by atoms with Gasteiger partial charge in [-0.05, 0) is 91.1 Å². The number of alkyl carbamates (subject to hydrolysis) is 1. The van der Waals surface area contributed by atoms with E-state index in [1.807, 2.05) is 20.8 Å². The summed E-state index contributed by atoms with van der Waals surface area (Å²) in [6, 6.07) is 0.